The van der Waals surface area contributed by atoms with Crippen molar-refractivity contribution in [3.63, 3.8) is 0 Å². The molecule has 1 amide bonds. The predicted molar refractivity (Wildman–Crippen MR) is 90.1 cm³/mol. The Morgan fingerprint density at radius 2 is 1.79 bits per heavy atom. The molecule has 5 heteroatoms. The number of nitrogens with zero attached hydrogens (tertiary/aromatic N) is 1. The van der Waals surface area contributed by atoms with Crippen molar-refractivity contribution in [3.8, 4) is 0 Å². The van der Waals surface area contributed by atoms with Crippen LogP contribution in [0.2, 0.25) is 0 Å². The highest BCUT2D eigenvalue weighted by atomic mass is 16.5. The number of likely N-dealkylation sites (tertiary alicyclic amines) is 1. The maximum Gasteiger partial charge on any atom is 0.326 e. The third-order valence-electron chi connectivity index (χ3n) is 5.38. The number of amides is 1. The molecule has 2 atom stereocenters. The minimum Gasteiger partial charge on any atom is -0.480 e. The Morgan fingerprint density at radius 1 is 1.12 bits per heavy atom. The molecule has 1 aromatic rings. The summed E-state index contributed by atoms with van der Waals surface area (Å²) in [6.07, 6.45) is 6.44. The first-order valence-corrected chi connectivity index (χ1v) is 8.76. The van der Waals surface area contributed by atoms with Crippen molar-refractivity contribution in [1.29, 1.82) is 0 Å². The lowest BCUT2D eigenvalue weighted by atomic mass is 9.84. The van der Waals surface area contributed by atoms with Gasteiger partial charge in [-0.3, -0.25) is 4.79 Å². The molecule has 130 valence electrons. The van der Waals surface area contributed by atoms with Gasteiger partial charge in [0.2, 0.25) is 0 Å². The number of hydrogen-bond acceptors (Lipinski definition) is 3. The third-order valence-corrected chi connectivity index (χ3v) is 5.38. The number of rotatable bonds is 4. The van der Waals surface area contributed by atoms with E-state index in [0.717, 1.165) is 0 Å². The summed E-state index contributed by atoms with van der Waals surface area (Å²) in [7, 11) is 1.55. The Morgan fingerprint density at radius 3 is 2.38 bits per heavy atom. The van der Waals surface area contributed by atoms with E-state index < -0.39 is 12.0 Å². The Kier molecular flexibility index (Phi) is 5.19. The summed E-state index contributed by atoms with van der Waals surface area (Å²) in [6, 6.07) is 6.93. The fourth-order valence-corrected chi connectivity index (χ4v) is 3.93. The summed E-state index contributed by atoms with van der Waals surface area (Å²) in [5.74, 6) is -0.599. The van der Waals surface area contributed by atoms with Gasteiger partial charge in [0.05, 0.1) is 6.10 Å². The third kappa shape index (κ3) is 3.46. The normalized spacial score (nSPS) is 25.0. The second-order valence-corrected chi connectivity index (χ2v) is 6.86. The highest BCUT2D eigenvalue weighted by molar-refractivity contribution is 5.97. The number of aliphatic carboxylic acids is 1. The average molecular weight is 331 g/mol. The maximum absolute atomic E-state index is 12.7. The van der Waals surface area contributed by atoms with Gasteiger partial charge >= 0.3 is 5.97 Å². The Balaban J connectivity index is 1.73. The minimum absolute atomic E-state index is 0.212. The van der Waals surface area contributed by atoms with Crippen molar-refractivity contribution < 1.29 is 19.4 Å². The lowest BCUT2D eigenvalue weighted by Gasteiger charge is -2.23. The standard InChI is InChI=1S/C19H25NO4/c1-24-16-11-17(19(22)23)20(12-16)18(21)15-9-7-14(8-10-15)13-5-3-2-4-6-13/h7-10,13,16-17H,2-6,11-12H2,1H3,(H,22,23). The summed E-state index contributed by atoms with van der Waals surface area (Å²) in [5, 5.41) is 9.36. The van der Waals surface area contributed by atoms with Gasteiger partial charge in [0.1, 0.15) is 6.04 Å². The van der Waals surface area contributed by atoms with Gasteiger partial charge in [-0.25, -0.2) is 4.79 Å². The smallest absolute Gasteiger partial charge is 0.326 e. The molecule has 1 aliphatic heterocycles. The fourth-order valence-electron chi connectivity index (χ4n) is 3.93. The van der Waals surface area contributed by atoms with Crippen molar-refractivity contribution in [3.05, 3.63) is 35.4 Å². The number of carbonyl (C=O) groups is 2. The molecule has 3 rings (SSSR count). The van der Waals surface area contributed by atoms with Gasteiger partial charge in [0.25, 0.3) is 5.91 Å². The van der Waals surface area contributed by atoms with Crippen LogP contribution in [0, 0.1) is 0 Å². The molecule has 1 heterocycles. The van der Waals surface area contributed by atoms with Crippen LogP contribution in [0.15, 0.2) is 24.3 Å². The van der Waals surface area contributed by atoms with Gasteiger partial charge < -0.3 is 14.7 Å². The summed E-state index contributed by atoms with van der Waals surface area (Å²) in [6.45, 7) is 0.330. The zero-order chi connectivity index (χ0) is 17.1. The van der Waals surface area contributed by atoms with Crippen LogP contribution in [-0.2, 0) is 9.53 Å². The molecule has 0 radical (unpaired) electrons. The number of methoxy groups -OCH3 is 1. The minimum atomic E-state index is -0.971. The van der Waals surface area contributed by atoms with Crippen LogP contribution in [0.1, 0.15) is 60.4 Å². The van der Waals surface area contributed by atoms with Gasteiger partial charge in [-0.15, -0.1) is 0 Å². The van der Waals surface area contributed by atoms with Crippen LogP contribution in [0.3, 0.4) is 0 Å². The van der Waals surface area contributed by atoms with E-state index in [9.17, 15) is 14.7 Å². The second kappa shape index (κ2) is 7.34. The molecule has 2 aliphatic rings. The van der Waals surface area contributed by atoms with Crippen molar-refractivity contribution >= 4 is 11.9 Å². The molecule has 1 N–H and O–H groups in total. The van der Waals surface area contributed by atoms with Crippen LogP contribution in [0.4, 0.5) is 0 Å². The van der Waals surface area contributed by atoms with Crippen molar-refractivity contribution in [2.24, 2.45) is 0 Å². The van der Waals surface area contributed by atoms with E-state index in [1.807, 2.05) is 24.3 Å². The second-order valence-electron chi connectivity index (χ2n) is 6.86. The van der Waals surface area contributed by atoms with E-state index in [1.54, 1.807) is 7.11 Å². The number of hydrogen-bond donors (Lipinski definition) is 1. The molecule has 24 heavy (non-hydrogen) atoms. The fraction of sp³-hybridized carbons (Fsp3) is 0.579. The number of benzene rings is 1. The Labute approximate surface area is 142 Å². The zero-order valence-electron chi connectivity index (χ0n) is 14.1. The molecule has 0 aromatic heterocycles. The van der Waals surface area contributed by atoms with E-state index in [1.165, 1.54) is 42.6 Å². The van der Waals surface area contributed by atoms with Crippen LogP contribution in [0.5, 0.6) is 0 Å². The maximum atomic E-state index is 12.7. The molecular weight excluding hydrogens is 306 g/mol. The van der Waals surface area contributed by atoms with Crippen LogP contribution >= 0.6 is 0 Å². The van der Waals surface area contributed by atoms with Crippen molar-refractivity contribution in [1.82, 2.24) is 4.90 Å². The van der Waals surface area contributed by atoms with Gasteiger partial charge in [-0.1, -0.05) is 31.4 Å². The SMILES string of the molecule is COC1CC(C(=O)O)N(C(=O)c2ccc(C3CCCCC3)cc2)C1. The van der Waals surface area contributed by atoms with Crippen LogP contribution in [-0.4, -0.2) is 47.7 Å². The summed E-state index contributed by atoms with van der Waals surface area (Å²) in [4.78, 5) is 25.6. The van der Waals surface area contributed by atoms with E-state index in [2.05, 4.69) is 0 Å². The summed E-state index contributed by atoms with van der Waals surface area (Å²) < 4.78 is 5.25. The molecule has 5 nitrogen and oxygen atoms in total. The highest BCUT2D eigenvalue weighted by Gasteiger charge is 2.40. The number of carboxylic acids is 1. The van der Waals surface area contributed by atoms with Crippen LogP contribution in [0.25, 0.3) is 0 Å². The first kappa shape index (κ1) is 17.0. The molecule has 2 unspecified atom stereocenters. The monoisotopic (exact) mass is 331 g/mol. The Bertz CT molecular complexity index is 592. The molecule has 1 saturated heterocycles. The molecule has 1 aromatic carbocycles. The quantitative estimate of drug-likeness (QED) is 0.921. The van der Waals surface area contributed by atoms with Gasteiger partial charge in [-0.2, -0.15) is 0 Å². The van der Waals surface area contributed by atoms with Gasteiger partial charge in [-0.05, 0) is 36.5 Å². The largest absolute Gasteiger partial charge is 0.480 e. The van der Waals surface area contributed by atoms with Gasteiger partial charge in [0.15, 0.2) is 0 Å². The Hall–Kier alpha value is -1.88. The zero-order valence-corrected chi connectivity index (χ0v) is 14.1. The first-order chi connectivity index (χ1) is 11.6. The first-order valence-electron chi connectivity index (χ1n) is 8.76. The summed E-state index contributed by atoms with van der Waals surface area (Å²) in [5.41, 5.74) is 1.84. The van der Waals surface area contributed by atoms with E-state index >= 15 is 0 Å². The molecule has 1 aliphatic carbocycles. The van der Waals surface area contributed by atoms with E-state index in [-0.39, 0.29) is 12.0 Å². The van der Waals surface area contributed by atoms with Crippen molar-refractivity contribution in [2.75, 3.05) is 13.7 Å². The highest BCUT2D eigenvalue weighted by Crippen LogP contribution is 2.33. The molecule has 0 spiro atoms. The topological polar surface area (TPSA) is 66.8 Å². The number of carboxylic acid groups (broad SMARTS) is 1. The van der Waals surface area contributed by atoms with Crippen molar-refractivity contribution in [2.45, 2.75) is 56.6 Å². The number of ether oxygens (including phenoxy) is 1. The van der Waals surface area contributed by atoms with Crippen LogP contribution < -0.4 is 0 Å². The number of carbonyl (C=O) groups excluding carboxylic acids is 1. The van der Waals surface area contributed by atoms with Gasteiger partial charge in [0, 0.05) is 25.6 Å². The predicted octanol–water partition coefficient (Wildman–Crippen LogP) is 3.05. The van der Waals surface area contributed by atoms with E-state index in [4.69, 9.17) is 4.74 Å². The average Bonchev–Trinajstić information content (AvgIpc) is 3.07. The van der Waals surface area contributed by atoms with E-state index in [0.29, 0.717) is 24.4 Å². The molecular formula is C19H25NO4. The lowest BCUT2D eigenvalue weighted by Crippen LogP contribution is -2.40. The lowest BCUT2D eigenvalue weighted by molar-refractivity contribution is -0.141. The molecule has 0 bridgehead atoms. The summed E-state index contributed by atoms with van der Waals surface area (Å²) >= 11 is 0. The molecule has 1 saturated carbocycles. The molecule has 2 fully saturated rings.